The van der Waals surface area contributed by atoms with Gasteiger partial charge in [-0.1, -0.05) is 26.8 Å². The predicted octanol–water partition coefficient (Wildman–Crippen LogP) is 8.53. The maximum Gasteiger partial charge on any atom is 0.573 e. The van der Waals surface area contributed by atoms with Crippen LogP contribution in [-0.4, -0.2) is 71.3 Å². The first-order valence-corrected chi connectivity index (χ1v) is 16.2. The Hall–Kier alpha value is -3.38. The van der Waals surface area contributed by atoms with E-state index in [0.29, 0.717) is 11.4 Å². The fourth-order valence-corrected chi connectivity index (χ4v) is 7.07. The fourth-order valence-electron chi connectivity index (χ4n) is 7.07. The second-order valence-corrected chi connectivity index (χ2v) is 11.8. The molecule has 1 fully saturated rings. The minimum Gasteiger partial charge on any atom is -0.406 e. The minimum atomic E-state index is -4.66. The molecule has 1 unspecified atom stereocenters. The van der Waals surface area contributed by atoms with Crippen molar-refractivity contribution in [2.45, 2.75) is 84.5 Å². The highest BCUT2D eigenvalue weighted by atomic mass is 19.4. The summed E-state index contributed by atoms with van der Waals surface area (Å²) in [5, 5.41) is 1.60. The van der Waals surface area contributed by atoms with Crippen molar-refractivity contribution in [3.63, 3.8) is 0 Å². The van der Waals surface area contributed by atoms with Crippen LogP contribution in [0.4, 0.5) is 26.3 Å². The summed E-state index contributed by atoms with van der Waals surface area (Å²) in [6.45, 7) is 11.3. The van der Waals surface area contributed by atoms with Gasteiger partial charge in [0.1, 0.15) is 11.5 Å². The van der Waals surface area contributed by atoms with Crippen LogP contribution in [0.2, 0.25) is 0 Å². The Morgan fingerprint density at radius 1 is 0.804 bits per heavy atom. The van der Waals surface area contributed by atoms with E-state index in [1.54, 1.807) is 12.1 Å². The Morgan fingerprint density at radius 2 is 1.50 bits per heavy atom. The smallest absolute Gasteiger partial charge is 0.406 e. The zero-order valence-corrected chi connectivity index (χ0v) is 26.5. The Morgan fingerprint density at radius 3 is 2.24 bits per heavy atom. The molecule has 5 heterocycles. The van der Waals surface area contributed by atoms with Crippen molar-refractivity contribution >= 4 is 21.8 Å². The number of aromatic amines is 2. The van der Waals surface area contributed by atoms with Crippen LogP contribution in [0, 0.1) is 0 Å². The van der Waals surface area contributed by atoms with Gasteiger partial charge in [-0.3, -0.25) is 4.90 Å². The van der Waals surface area contributed by atoms with Gasteiger partial charge >= 0.3 is 12.7 Å². The highest BCUT2D eigenvalue weighted by Crippen LogP contribution is 2.38. The van der Waals surface area contributed by atoms with Crippen molar-refractivity contribution in [3.8, 4) is 11.5 Å². The van der Waals surface area contributed by atoms with Gasteiger partial charge in [0.2, 0.25) is 0 Å². The summed E-state index contributed by atoms with van der Waals surface area (Å²) in [5.74, 6) is -0.266. The second-order valence-electron chi connectivity index (χ2n) is 11.8. The second kappa shape index (κ2) is 14.2. The highest BCUT2D eigenvalue weighted by Gasteiger charge is 2.35. The van der Waals surface area contributed by atoms with Crippen LogP contribution in [0.25, 0.3) is 21.8 Å². The molecule has 6 nitrogen and oxygen atoms in total. The third-order valence-corrected chi connectivity index (χ3v) is 8.89. The van der Waals surface area contributed by atoms with Gasteiger partial charge in [0.15, 0.2) is 0 Å². The molecule has 3 aliphatic heterocycles. The van der Waals surface area contributed by atoms with Crippen LogP contribution in [-0.2, 0) is 25.7 Å². The first-order chi connectivity index (χ1) is 22.0. The Kier molecular flexibility index (Phi) is 10.5. The van der Waals surface area contributed by atoms with Gasteiger partial charge in [-0.15, -0.1) is 26.3 Å². The third-order valence-electron chi connectivity index (χ3n) is 8.89. The molecule has 252 valence electrons. The maximum atomic E-state index is 12.7. The summed E-state index contributed by atoms with van der Waals surface area (Å²) < 4.78 is 83.1. The molecule has 0 saturated carbocycles. The average Bonchev–Trinajstić information content (AvgIpc) is 3.62. The number of H-pyrrole nitrogens is 2. The lowest BCUT2D eigenvalue weighted by atomic mass is 10.0. The Bertz CT molecular complexity index is 1610. The molecular weight excluding hydrogens is 610 g/mol. The van der Waals surface area contributed by atoms with E-state index in [-0.39, 0.29) is 11.5 Å². The number of benzene rings is 2. The first kappa shape index (κ1) is 34.0. The number of rotatable bonds is 4. The predicted molar refractivity (Wildman–Crippen MR) is 167 cm³/mol. The molecule has 0 spiro atoms. The maximum absolute atomic E-state index is 12.7. The molecular formula is C34H42F6N4O2. The van der Waals surface area contributed by atoms with E-state index >= 15 is 0 Å². The van der Waals surface area contributed by atoms with Crippen LogP contribution in [0.1, 0.15) is 62.5 Å². The van der Waals surface area contributed by atoms with Gasteiger partial charge in [-0.25, -0.2) is 0 Å². The largest absolute Gasteiger partial charge is 0.573 e. The lowest BCUT2D eigenvalue weighted by Gasteiger charge is -2.21. The SMILES string of the molecule is CC.CCCN1CCc2[nH]c3cc(OC(F)(F)F)ccc3c2CC1.FC(F)(F)Oc1cccc2[nH]c3c(c12)CC1CCCN1CC3. The molecule has 46 heavy (non-hydrogen) atoms. The molecule has 1 saturated heterocycles. The van der Waals surface area contributed by atoms with Gasteiger partial charge in [0.25, 0.3) is 0 Å². The quantitative estimate of drug-likeness (QED) is 0.217. The van der Waals surface area contributed by atoms with Crippen molar-refractivity contribution in [1.29, 1.82) is 0 Å². The Labute approximate surface area is 265 Å². The average molecular weight is 653 g/mol. The summed E-state index contributed by atoms with van der Waals surface area (Å²) in [6, 6.07) is 9.81. The number of ether oxygens (including phenoxy) is 2. The van der Waals surface area contributed by atoms with E-state index < -0.39 is 12.7 Å². The molecule has 2 aromatic heterocycles. The number of halogens is 6. The monoisotopic (exact) mass is 652 g/mol. The normalized spacial score (nSPS) is 18.8. The van der Waals surface area contributed by atoms with Crippen molar-refractivity contribution in [2.75, 3.05) is 32.7 Å². The van der Waals surface area contributed by atoms with E-state index in [4.69, 9.17) is 0 Å². The van der Waals surface area contributed by atoms with E-state index in [2.05, 4.69) is 36.2 Å². The zero-order valence-electron chi connectivity index (χ0n) is 26.5. The van der Waals surface area contributed by atoms with Gasteiger partial charge in [0, 0.05) is 77.8 Å². The minimum absolute atomic E-state index is 0.0889. The first-order valence-electron chi connectivity index (χ1n) is 16.2. The molecule has 4 aromatic rings. The van der Waals surface area contributed by atoms with Crippen LogP contribution in [0.3, 0.4) is 0 Å². The van der Waals surface area contributed by atoms with Gasteiger partial charge in [0.05, 0.1) is 0 Å². The van der Waals surface area contributed by atoms with Crippen LogP contribution >= 0.6 is 0 Å². The molecule has 2 aromatic carbocycles. The number of alkyl halides is 6. The molecule has 1 atom stereocenters. The van der Waals surface area contributed by atoms with E-state index in [1.807, 2.05) is 19.9 Å². The summed E-state index contributed by atoms with van der Waals surface area (Å²) >= 11 is 0. The molecule has 3 aliphatic rings. The topological polar surface area (TPSA) is 56.5 Å². The zero-order chi connectivity index (χ0) is 33.1. The van der Waals surface area contributed by atoms with Gasteiger partial charge < -0.3 is 24.3 Å². The lowest BCUT2D eigenvalue weighted by Crippen LogP contribution is -2.30. The van der Waals surface area contributed by atoms with Crippen molar-refractivity contribution < 1.29 is 35.8 Å². The summed E-state index contributed by atoms with van der Waals surface area (Å²) in [4.78, 5) is 11.5. The number of nitrogens with zero attached hydrogens (tertiary/aromatic N) is 2. The van der Waals surface area contributed by atoms with Crippen molar-refractivity contribution in [2.24, 2.45) is 0 Å². The van der Waals surface area contributed by atoms with Gasteiger partial charge in [-0.2, -0.15) is 0 Å². The number of nitrogens with one attached hydrogen (secondary N) is 2. The summed E-state index contributed by atoms with van der Waals surface area (Å²) in [7, 11) is 0. The molecule has 0 amide bonds. The standard InChI is InChI=1S/C16H17F3N2O.C16H19F3N2O.C2H6/c17-16(18,19)22-14-5-1-4-13-15(14)11-9-10-3-2-7-21(10)8-6-12(11)20-13;1-2-7-21-8-5-13-12-4-3-11(22-16(17,18)19)10-15(12)20-14(13)6-9-21;1-2/h1,4-5,10,20H,2-3,6-9H2;3-4,10,20H,2,5-9H2,1H3;1-2H3. The fraction of sp³-hybridized carbons (Fsp3) is 0.529. The van der Waals surface area contributed by atoms with Crippen LogP contribution < -0.4 is 9.47 Å². The molecule has 12 heteroatoms. The van der Waals surface area contributed by atoms with E-state index in [1.165, 1.54) is 30.2 Å². The van der Waals surface area contributed by atoms with Crippen LogP contribution in [0.15, 0.2) is 36.4 Å². The summed E-state index contributed by atoms with van der Waals surface area (Å²) in [5.41, 5.74) is 5.88. The highest BCUT2D eigenvalue weighted by molar-refractivity contribution is 5.91. The number of hydrogen-bond donors (Lipinski definition) is 2. The Balaban J connectivity index is 0.000000172. The van der Waals surface area contributed by atoms with E-state index in [9.17, 15) is 26.3 Å². The molecule has 2 N–H and O–H groups in total. The molecule has 0 aliphatic carbocycles. The number of fused-ring (bicyclic) bond motifs is 7. The third kappa shape index (κ3) is 7.94. The van der Waals surface area contributed by atoms with Gasteiger partial charge in [-0.05, 0) is 80.6 Å². The van der Waals surface area contributed by atoms with Crippen molar-refractivity contribution in [3.05, 3.63) is 58.9 Å². The molecule has 0 bridgehead atoms. The van der Waals surface area contributed by atoms with Crippen molar-refractivity contribution in [1.82, 2.24) is 19.8 Å². The molecule has 7 rings (SSSR count). The summed E-state index contributed by atoms with van der Waals surface area (Å²) in [6.07, 6.45) is -2.41. The number of aromatic nitrogens is 2. The van der Waals surface area contributed by atoms with Crippen LogP contribution in [0.5, 0.6) is 11.5 Å². The lowest BCUT2D eigenvalue weighted by molar-refractivity contribution is -0.275. The number of hydrogen-bond acceptors (Lipinski definition) is 4. The van der Waals surface area contributed by atoms with E-state index in [0.717, 1.165) is 105 Å². The molecule has 0 radical (unpaired) electrons.